The van der Waals surface area contributed by atoms with E-state index in [2.05, 4.69) is 22.5 Å². The highest BCUT2D eigenvalue weighted by molar-refractivity contribution is 7.80. The molecule has 0 aromatic heterocycles. The smallest absolute Gasteiger partial charge is 0.166 e. The molecule has 0 heterocycles. The van der Waals surface area contributed by atoms with Gasteiger partial charge in [0.1, 0.15) is 0 Å². The highest BCUT2D eigenvalue weighted by Crippen LogP contribution is 2.34. The van der Waals surface area contributed by atoms with Gasteiger partial charge in [-0.15, -0.1) is 0 Å². The van der Waals surface area contributed by atoms with Crippen LogP contribution in [0, 0.1) is 11.8 Å². The molecular weight excluding hydrogens is 420 g/mol. The van der Waals surface area contributed by atoms with E-state index in [1.54, 1.807) is 7.11 Å². The molecule has 0 bridgehead atoms. The maximum atomic E-state index is 8.95. The summed E-state index contributed by atoms with van der Waals surface area (Å²) >= 11 is 5.38. The quantitative estimate of drug-likeness (QED) is 0.304. The Labute approximate surface area is 196 Å². The first-order valence-corrected chi connectivity index (χ1v) is 11.6. The number of rotatable bonds is 9. The number of hydrogen-bond acceptors (Lipinski definition) is 4. The highest BCUT2D eigenvalue weighted by Gasteiger charge is 2.20. The molecule has 5 nitrogen and oxygen atoms in total. The van der Waals surface area contributed by atoms with Crippen LogP contribution >= 0.6 is 12.2 Å². The lowest BCUT2D eigenvalue weighted by Gasteiger charge is -2.19. The van der Waals surface area contributed by atoms with Gasteiger partial charge in [-0.2, -0.15) is 0 Å². The van der Waals surface area contributed by atoms with Crippen LogP contribution in [0.3, 0.4) is 0 Å². The van der Waals surface area contributed by atoms with Crippen molar-refractivity contribution in [3.63, 3.8) is 0 Å². The van der Waals surface area contributed by atoms with Crippen molar-refractivity contribution in [1.82, 2.24) is 10.6 Å². The van der Waals surface area contributed by atoms with Crippen LogP contribution in [-0.2, 0) is 0 Å². The minimum Gasteiger partial charge on any atom is -0.493 e. The minimum atomic E-state index is -0.0929. The zero-order chi connectivity index (χ0) is 22.6. The summed E-state index contributed by atoms with van der Waals surface area (Å²) in [6, 6.07) is 16.0. The lowest BCUT2D eigenvalue weighted by atomic mass is 9.98. The average Bonchev–Trinajstić information content (AvgIpc) is 3.33. The summed E-state index contributed by atoms with van der Waals surface area (Å²) < 4.78 is 11.8. The zero-order valence-electron chi connectivity index (χ0n) is 18.6. The maximum Gasteiger partial charge on any atom is 0.166 e. The van der Waals surface area contributed by atoms with Gasteiger partial charge >= 0.3 is 0 Å². The molecule has 0 saturated heterocycles. The van der Waals surface area contributed by atoms with Crippen molar-refractivity contribution >= 4 is 17.3 Å². The predicted molar refractivity (Wildman–Crippen MR) is 132 cm³/mol. The molecular formula is C26H32N2O3S. The first kappa shape index (κ1) is 23.9. The van der Waals surface area contributed by atoms with Gasteiger partial charge in [-0.1, -0.05) is 36.1 Å². The van der Waals surface area contributed by atoms with Gasteiger partial charge in [0.25, 0.3) is 0 Å². The number of ether oxygens (including phenoxy) is 2. The molecule has 3 N–H and O–H groups in total. The molecule has 1 aliphatic carbocycles. The zero-order valence-corrected chi connectivity index (χ0v) is 19.4. The molecule has 0 spiro atoms. The molecule has 3 rings (SSSR count). The van der Waals surface area contributed by atoms with E-state index < -0.39 is 0 Å². The Morgan fingerprint density at radius 3 is 2.62 bits per heavy atom. The summed E-state index contributed by atoms with van der Waals surface area (Å²) in [5.74, 6) is 8.10. The monoisotopic (exact) mass is 452 g/mol. The van der Waals surface area contributed by atoms with Crippen molar-refractivity contribution in [2.75, 3.05) is 26.8 Å². The van der Waals surface area contributed by atoms with Crippen molar-refractivity contribution in [2.45, 2.75) is 44.1 Å². The van der Waals surface area contributed by atoms with Gasteiger partial charge in [0.2, 0.25) is 0 Å². The first-order valence-electron chi connectivity index (χ1n) is 11.2. The lowest BCUT2D eigenvalue weighted by molar-refractivity contribution is 0.200. The highest BCUT2D eigenvalue weighted by atomic mass is 32.1. The Hall–Kier alpha value is -2.75. The normalized spacial score (nSPS) is 14.2. The second kappa shape index (κ2) is 12.9. The van der Waals surface area contributed by atoms with Gasteiger partial charge in [-0.25, -0.2) is 0 Å². The fourth-order valence-electron chi connectivity index (χ4n) is 3.67. The fourth-order valence-corrected chi connectivity index (χ4v) is 3.86. The predicted octanol–water partition coefficient (Wildman–Crippen LogP) is 4.00. The van der Waals surface area contributed by atoms with E-state index in [1.165, 1.54) is 12.8 Å². The van der Waals surface area contributed by atoms with Gasteiger partial charge in [0, 0.05) is 25.3 Å². The second-order valence-corrected chi connectivity index (χ2v) is 8.24. The molecule has 6 heteroatoms. The Morgan fingerprint density at radius 2 is 1.91 bits per heavy atom. The molecule has 1 atom stereocenters. The van der Waals surface area contributed by atoms with Gasteiger partial charge in [0.05, 0.1) is 19.1 Å². The summed E-state index contributed by atoms with van der Waals surface area (Å²) in [6.45, 7) is 1.32. The van der Waals surface area contributed by atoms with E-state index in [1.807, 2.05) is 48.5 Å². The molecule has 0 amide bonds. The van der Waals surface area contributed by atoms with E-state index in [0.29, 0.717) is 24.6 Å². The lowest BCUT2D eigenvalue weighted by Crippen LogP contribution is -2.38. The van der Waals surface area contributed by atoms with Crippen LogP contribution in [0.1, 0.15) is 49.1 Å². The minimum absolute atomic E-state index is 0.0929. The number of aliphatic hydroxyl groups excluding tert-OH is 1. The Morgan fingerprint density at radius 1 is 1.12 bits per heavy atom. The van der Waals surface area contributed by atoms with E-state index >= 15 is 0 Å². The van der Waals surface area contributed by atoms with Gasteiger partial charge in [-0.3, -0.25) is 0 Å². The van der Waals surface area contributed by atoms with Gasteiger partial charge < -0.3 is 25.2 Å². The van der Waals surface area contributed by atoms with E-state index in [-0.39, 0.29) is 18.6 Å². The van der Waals surface area contributed by atoms with E-state index in [4.69, 9.17) is 26.8 Å². The summed E-state index contributed by atoms with van der Waals surface area (Å²) in [7, 11) is 1.67. The Kier molecular flexibility index (Phi) is 9.67. The van der Waals surface area contributed by atoms with Crippen molar-refractivity contribution in [1.29, 1.82) is 0 Å². The Bertz CT molecular complexity index is 918. The largest absolute Gasteiger partial charge is 0.493 e. The molecule has 0 aliphatic heterocycles. The van der Waals surface area contributed by atoms with Crippen LogP contribution in [0.2, 0.25) is 0 Å². The van der Waals surface area contributed by atoms with E-state index in [0.717, 1.165) is 35.5 Å². The third-order valence-corrected chi connectivity index (χ3v) is 5.73. The average molecular weight is 453 g/mol. The fraction of sp³-hybridized carbons (Fsp3) is 0.423. The van der Waals surface area contributed by atoms with Crippen LogP contribution < -0.4 is 20.1 Å². The summed E-state index contributed by atoms with van der Waals surface area (Å²) in [5, 5.41) is 15.9. The van der Waals surface area contributed by atoms with Gasteiger partial charge in [-0.05, 0) is 74.2 Å². The second-order valence-electron chi connectivity index (χ2n) is 7.84. The standard InChI is InChI=1S/C26H32N2O3S/c1-30-24-15-14-21(18-25(24)31-23-10-5-6-11-23)22(13-12-20-8-3-2-4-9-20)19-28-26(32)27-16-7-17-29/h2-4,8-9,14-15,18,22-23,29H,5-7,10-11,16-17,19H2,1H3,(H2,27,28,32). The van der Waals surface area contributed by atoms with Crippen LogP contribution in [-0.4, -0.2) is 43.1 Å². The molecule has 2 aromatic rings. The third kappa shape index (κ3) is 7.44. The first-order chi connectivity index (χ1) is 15.7. The number of nitrogens with one attached hydrogen (secondary N) is 2. The number of aliphatic hydroxyl groups is 1. The number of thiocarbonyl (C=S) groups is 1. The molecule has 1 fully saturated rings. The molecule has 1 saturated carbocycles. The van der Waals surface area contributed by atoms with E-state index in [9.17, 15) is 0 Å². The van der Waals surface area contributed by atoms with Crippen LogP contribution in [0.15, 0.2) is 48.5 Å². The van der Waals surface area contributed by atoms with Crippen molar-refractivity contribution in [3.05, 3.63) is 59.7 Å². The summed E-state index contributed by atoms with van der Waals surface area (Å²) in [6.07, 6.45) is 5.49. The van der Waals surface area contributed by atoms with Crippen molar-refractivity contribution < 1.29 is 14.6 Å². The van der Waals surface area contributed by atoms with Crippen LogP contribution in [0.5, 0.6) is 11.5 Å². The molecule has 170 valence electrons. The number of hydrogen-bond donors (Lipinski definition) is 3. The number of benzene rings is 2. The van der Waals surface area contributed by atoms with Crippen LogP contribution in [0.25, 0.3) is 0 Å². The third-order valence-electron chi connectivity index (χ3n) is 5.44. The van der Waals surface area contributed by atoms with Gasteiger partial charge in [0.15, 0.2) is 16.6 Å². The van der Waals surface area contributed by atoms with Crippen LogP contribution in [0.4, 0.5) is 0 Å². The van der Waals surface area contributed by atoms with Crippen molar-refractivity contribution in [2.24, 2.45) is 0 Å². The number of methoxy groups -OCH3 is 1. The molecule has 1 unspecified atom stereocenters. The molecule has 2 aromatic carbocycles. The SMILES string of the molecule is COc1ccc(C(C#Cc2ccccc2)CNC(=S)NCCCO)cc1OC1CCCC1. The summed E-state index contributed by atoms with van der Waals surface area (Å²) in [4.78, 5) is 0. The molecule has 0 radical (unpaired) electrons. The summed E-state index contributed by atoms with van der Waals surface area (Å²) in [5.41, 5.74) is 2.02. The van der Waals surface area contributed by atoms with Crippen molar-refractivity contribution in [3.8, 4) is 23.3 Å². The molecule has 32 heavy (non-hydrogen) atoms. The Balaban J connectivity index is 1.79. The molecule has 1 aliphatic rings. The maximum absolute atomic E-state index is 8.95. The topological polar surface area (TPSA) is 62.8 Å².